The van der Waals surface area contributed by atoms with Crippen molar-refractivity contribution in [3.05, 3.63) is 91.6 Å². The van der Waals surface area contributed by atoms with Gasteiger partial charge in [0.15, 0.2) is 5.75 Å². The number of nitriles is 1. The van der Waals surface area contributed by atoms with E-state index >= 15 is 0 Å². The quantitative estimate of drug-likeness (QED) is 0.535. The van der Waals surface area contributed by atoms with Crippen LogP contribution in [0.1, 0.15) is 16.8 Å². The first kappa shape index (κ1) is 18.8. The second-order valence-corrected chi connectivity index (χ2v) is 6.04. The molecule has 0 aliphatic heterocycles. The first-order valence-corrected chi connectivity index (χ1v) is 8.19. The summed E-state index contributed by atoms with van der Waals surface area (Å²) >= 11 is 0. The summed E-state index contributed by atoms with van der Waals surface area (Å²) in [5.74, 6) is -0.362. The van der Waals surface area contributed by atoms with Gasteiger partial charge in [-0.1, -0.05) is 18.2 Å². The molecule has 0 unspecified atom stereocenters. The number of ether oxygens (including phenoxy) is 1. The zero-order valence-corrected chi connectivity index (χ0v) is 14.7. The second kappa shape index (κ2) is 7.72. The molecule has 28 heavy (non-hydrogen) atoms. The van der Waals surface area contributed by atoms with Gasteiger partial charge in [-0.25, -0.2) is 4.39 Å². The van der Waals surface area contributed by atoms with Crippen LogP contribution in [0.4, 0.5) is 10.1 Å². The van der Waals surface area contributed by atoms with Crippen molar-refractivity contribution in [3.63, 3.8) is 0 Å². The number of rotatable bonds is 5. The Balaban J connectivity index is 1.98. The highest BCUT2D eigenvalue weighted by molar-refractivity contribution is 5.73. The predicted octanol–water partition coefficient (Wildman–Crippen LogP) is 3.85. The normalized spacial score (nSPS) is 10.3. The fraction of sp³-hybridized carbons (Fsp3) is 0.100. The molecule has 0 spiro atoms. The Labute approximate surface area is 158 Å². The molecule has 7 nitrogen and oxygen atoms in total. The van der Waals surface area contributed by atoms with E-state index in [2.05, 4.69) is 4.98 Å². The van der Waals surface area contributed by atoms with Crippen molar-refractivity contribution in [1.29, 1.82) is 5.26 Å². The summed E-state index contributed by atoms with van der Waals surface area (Å²) in [7, 11) is 0. The number of nitrogens with one attached hydrogen (secondary N) is 1. The van der Waals surface area contributed by atoms with Crippen LogP contribution in [0.3, 0.4) is 0 Å². The van der Waals surface area contributed by atoms with Crippen LogP contribution < -0.4 is 10.3 Å². The Morgan fingerprint density at radius 3 is 2.57 bits per heavy atom. The average Bonchev–Trinajstić information content (AvgIpc) is 2.67. The molecule has 8 heteroatoms. The SMILES string of the molecule is Cc1cc(-c2ccc(OCc3ccc(F)cc3)c([N+](=O)[O-])c2)c(C#N)c(=O)[nH]1. The fourth-order valence-corrected chi connectivity index (χ4v) is 2.72. The topological polar surface area (TPSA) is 109 Å². The number of nitrogens with zero attached hydrogens (tertiary/aromatic N) is 2. The third-order valence-corrected chi connectivity index (χ3v) is 4.05. The van der Waals surface area contributed by atoms with Gasteiger partial charge in [-0.05, 0) is 42.3 Å². The van der Waals surface area contributed by atoms with Crippen molar-refractivity contribution in [2.24, 2.45) is 0 Å². The number of pyridine rings is 1. The fourth-order valence-electron chi connectivity index (χ4n) is 2.72. The van der Waals surface area contributed by atoms with Crippen molar-refractivity contribution in [2.45, 2.75) is 13.5 Å². The summed E-state index contributed by atoms with van der Waals surface area (Å²) in [6.45, 7) is 1.68. The molecule has 0 atom stereocenters. The van der Waals surface area contributed by atoms with E-state index < -0.39 is 10.5 Å². The van der Waals surface area contributed by atoms with Crippen molar-refractivity contribution >= 4 is 5.69 Å². The van der Waals surface area contributed by atoms with Crippen LogP contribution in [0.2, 0.25) is 0 Å². The first-order chi connectivity index (χ1) is 13.4. The number of H-pyrrole nitrogens is 1. The molecule has 1 heterocycles. The molecule has 1 aromatic heterocycles. The molecule has 0 fully saturated rings. The lowest BCUT2D eigenvalue weighted by molar-refractivity contribution is -0.385. The Kier molecular flexibility index (Phi) is 5.18. The Hall–Kier alpha value is -3.99. The zero-order valence-electron chi connectivity index (χ0n) is 14.7. The lowest BCUT2D eigenvalue weighted by Gasteiger charge is -2.10. The third kappa shape index (κ3) is 3.88. The van der Waals surface area contributed by atoms with Gasteiger partial charge in [-0.2, -0.15) is 5.26 Å². The number of nitro benzene ring substituents is 1. The van der Waals surface area contributed by atoms with Crippen molar-refractivity contribution in [2.75, 3.05) is 0 Å². The van der Waals surface area contributed by atoms with Gasteiger partial charge >= 0.3 is 5.69 Å². The third-order valence-electron chi connectivity index (χ3n) is 4.05. The molecule has 0 amide bonds. The van der Waals surface area contributed by atoms with Crippen LogP contribution in [0.25, 0.3) is 11.1 Å². The molecule has 0 bridgehead atoms. The standard InChI is InChI=1S/C20H14FN3O4/c1-12-8-16(17(10-22)20(25)23-12)14-4-7-19(18(9-14)24(26)27)28-11-13-2-5-15(21)6-3-13/h2-9H,11H2,1H3,(H,23,25). The van der Waals surface area contributed by atoms with E-state index in [1.807, 2.05) is 6.07 Å². The highest BCUT2D eigenvalue weighted by Gasteiger charge is 2.19. The van der Waals surface area contributed by atoms with Gasteiger partial charge < -0.3 is 9.72 Å². The average molecular weight is 379 g/mol. The number of aromatic nitrogens is 1. The molecular weight excluding hydrogens is 365 g/mol. The van der Waals surface area contributed by atoms with E-state index in [1.165, 1.54) is 36.4 Å². The Morgan fingerprint density at radius 1 is 1.21 bits per heavy atom. The Bertz CT molecular complexity index is 1150. The second-order valence-electron chi connectivity index (χ2n) is 6.04. The van der Waals surface area contributed by atoms with Crippen LogP contribution in [0, 0.1) is 34.2 Å². The summed E-state index contributed by atoms with van der Waals surface area (Å²) in [5.41, 5.74) is 0.844. The largest absolute Gasteiger partial charge is 0.482 e. The molecule has 0 aliphatic rings. The molecular formula is C20H14FN3O4. The van der Waals surface area contributed by atoms with Crippen LogP contribution >= 0.6 is 0 Å². The maximum atomic E-state index is 13.0. The smallest absolute Gasteiger partial charge is 0.311 e. The van der Waals surface area contributed by atoms with Gasteiger partial charge in [-0.3, -0.25) is 14.9 Å². The lowest BCUT2D eigenvalue weighted by Crippen LogP contribution is -2.12. The highest BCUT2D eigenvalue weighted by atomic mass is 19.1. The predicted molar refractivity (Wildman–Crippen MR) is 99.3 cm³/mol. The van der Waals surface area contributed by atoms with Crippen LogP contribution in [-0.4, -0.2) is 9.91 Å². The molecule has 2 aromatic carbocycles. The maximum Gasteiger partial charge on any atom is 0.311 e. The lowest BCUT2D eigenvalue weighted by atomic mass is 10.0. The monoisotopic (exact) mass is 379 g/mol. The summed E-state index contributed by atoms with van der Waals surface area (Å²) in [4.78, 5) is 25.4. The first-order valence-electron chi connectivity index (χ1n) is 8.19. The van der Waals surface area contributed by atoms with Crippen LogP contribution in [0.15, 0.2) is 53.3 Å². The summed E-state index contributed by atoms with van der Waals surface area (Å²) in [5, 5.41) is 20.8. The zero-order chi connectivity index (χ0) is 20.3. The number of nitro groups is 1. The van der Waals surface area contributed by atoms with Gasteiger partial charge in [-0.15, -0.1) is 0 Å². The number of halogens is 1. The molecule has 0 aliphatic carbocycles. The molecule has 0 saturated carbocycles. The minimum atomic E-state index is -0.602. The Morgan fingerprint density at radius 2 is 1.93 bits per heavy atom. The molecule has 0 saturated heterocycles. The van der Waals surface area contributed by atoms with Gasteiger partial charge in [0.1, 0.15) is 24.1 Å². The van der Waals surface area contributed by atoms with E-state index in [9.17, 15) is 24.6 Å². The van der Waals surface area contributed by atoms with Crippen LogP contribution in [0.5, 0.6) is 5.75 Å². The number of aryl methyl sites for hydroxylation is 1. The summed E-state index contributed by atoms with van der Waals surface area (Å²) in [6.07, 6.45) is 0. The molecule has 140 valence electrons. The molecule has 0 radical (unpaired) electrons. The van der Waals surface area contributed by atoms with Crippen molar-refractivity contribution in [3.8, 4) is 22.9 Å². The number of hydrogen-bond donors (Lipinski definition) is 1. The van der Waals surface area contributed by atoms with E-state index in [0.717, 1.165) is 0 Å². The van der Waals surface area contributed by atoms with E-state index in [1.54, 1.807) is 19.1 Å². The van der Waals surface area contributed by atoms with E-state index in [-0.39, 0.29) is 29.4 Å². The van der Waals surface area contributed by atoms with Gasteiger partial charge in [0, 0.05) is 17.3 Å². The summed E-state index contributed by atoms with van der Waals surface area (Å²) < 4.78 is 18.5. The van der Waals surface area contributed by atoms with Gasteiger partial charge in [0.25, 0.3) is 5.56 Å². The van der Waals surface area contributed by atoms with Gasteiger partial charge in [0.05, 0.1) is 4.92 Å². The van der Waals surface area contributed by atoms with Crippen molar-refractivity contribution in [1.82, 2.24) is 4.98 Å². The minimum absolute atomic E-state index is 0.0219. The maximum absolute atomic E-state index is 13.0. The molecule has 1 N–H and O–H groups in total. The number of aromatic amines is 1. The molecule has 3 aromatic rings. The number of hydrogen-bond acceptors (Lipinski definition) is 5. The van der Waals surface area contributed by atoms with E-state index in [4.69, 9.17) is 4.74 Å². The highest BCUT2D eigenvalue weighted by Crippen LogP contribution is 2.33. The van der Waals surface area contributed by atoms with Crippen molar-refractivity contribution < 1.29 is 14.1 Å². The minimum Gasteiger partial charge on any atom is -0.482 e. The van der Waals surface area contributed by atoms with E-state index in [0.29, 0.717) is 22.4 Å². The molecule has 3 rings (SSSR count). The van der Waals surface area contributed by atoms with Crippen LogP contribution in [-0.2, 0) is 6.61 Å². The summed E-state index contributed by atoms with van der Waals surface area (Å²) in [6, 6.07) is 13.2. The van der Waals surface area contributed by atoms with Gasteiger partial charge in [0.2, 0.25) is 0 Å². The number of benzene rings is 2.